The van der Waals surface area contributed by atoms with Crippen LogP contribution in [0.2, 0.25) is 10.0 Å². The Hall–Kier alpha value is -4.53. The standard InChI is InChI=1S/C22H11Cl2FN4O6/c23-17-8-12(7-13(11-26)22(30)27-15-3-1-14(25)2-4-15)9-18(24)21(17)35-20-6-5-16(28(31)32)10-19(20)29(33)34/h1-10H,(H,27,30)/b13-7+. The van der Waals surface area contributed by atoms with Gasteiger partial charge in [0.25, 0.3) is 11.6 Å². The van der Waals surface area contributed by atoms with Crippen molar-refractivity contribution in [3.05, 3.63) is 102 Å². The van der Waals surface area contributed by atoms with Gasteiger partial charge in [0.15, 0.2) is 5.75 Å². The summed E-state index contributed by atoms with van der Waals surface area (Å²) in [7, 11) is 0. The first-order chi connectivity index (χ1) is 16.6. The molecule has 0 radical (unpaired) electrons. The third-order valence-corrected chi connectivity index (χ3v) is 4.92. The number of nitro groups is 2. The van der Waals surface area contributed by atoms with Crippen LogP contribution in [0.3, 0.4) is 0 Å². The van der Waals surface area contributed by atoms with Gasteiger partial charge in [0.2, 0.25) is 5.75 Å². The van der Waals surface area contributed by atoms with E-state index in [0.717, 1.165) is 30.3 Å². The average molecular weight is 517 g/mol. The minimum Gasteiger partial charge on any atom is -0.447 e. The monoisotopic (exact) mass is 516 g/mol. The molecule has 0 atom stereocenters. The lowest BCUT2D eigenvalue weighted by Crippen LogP contribution is -2.13. The van der Waals surface area contributed by atoms with E-state index < -0.39 is 32.9 Å². The van der Waals surface area contributed by atoms with Crippen molar-refractivity contribution in [2.75, 3.05) is 5.32 Å². The molecule has 0 bridgehead atoms. The normalized spacial score (nSPS) is 10.9. The van der Waals surface area contributed by atoms with Crippen molar-refractivity contribution in [3.63, 3.8) is 0 Å². The zero-order chi connectivity index (χ0) is 25.7. The van der Waals surface area contributed by atoms with Crippen LogP contribution in [0.5, 0.6) is 11.5 Å². The van der Waals surface area contributed by atoms with Crippen LogP contribution in [0, 0.1) is 37.4 Å². The van der Waals surface area contributed by atoms with Crippen LogP contribution < -0.4 is 10.1 Å². The van der Waals surface area contributed by atoms with Gasteiger partial charge in [0.05, 0.1) is 26.0 Å². The third-order valence-electron chi connectivity index (χ3n) is 4.36. The molecular formula is C22H11Cl2FN4O6. The lowest BCUT2D eigenvalue weighted by atomic mass is 10.1. The second kappa shape index (κ2) is 10.6. The molecule has 0 saturated carbocycles. The lowest BCUT2D eigenvalue weighted by Gasteiger charge is -2.11. The summed E-state index contributed by atoms with van der Waals surface area (Å²) in [5.41, 5.74) is -1.01. The van der Waals surface area contributed by atoms with Gasteiger partial charge >= 0.3 is 5.69 Å². The van der Waals surface area contributed by atoms with Crippen LogP contribution in [0.4, 0.5) is 21.5 Å². The highest BCUT2D eigenvalue weighted by Gasteiger charge is 2.23. The van der Waals surface area contributed by atoms with E-state index in [2.05, 4.69) is 5.32 Å². The number of nitrogens with one attached hydrogen (secondary N) is 1. The predicted octanol–water partition coefficient (Wildman–Crippen LogP) is 6.29. The van der Waals surface area contributed by atoms with Crippen LogP contribution in [0.25, 0.3) is 6.08 Å². The van der Waals surface area contributed by atoms with Crippen LogP contribution >= 0.6 is 23.2 Å². The number of anilines is 1. The first kappa shape index (κ1) is 25.1. The molecule has 35 heavy (non-hydrogen) atoms. The number of benzene rings is 3. The van der Waals surface area contributed by atoms with Crippen LogP contribution in [0.1, 0.15) is 5.56 Å². The van der Waals surface area contributed by atoms with Gasteiger partial charge in [0, 0.05) is 11.8 Å². The molecule has 0 fully saturated rings. The van der Waals surface area contributed by atoms with Crippen molar-refractivity contribution in [1.82, 2.24) is 0 Å². The SMILES string of the molecule is N#C/C(=C\c1cc(Cl)c(Oc2ccc([N+](=O)[O-])cc2[N+](=O)[O-])c(Cl)c1)C(=O)Nc1ccc(F)cc1. The maximum atomic E-state index is 13.0. The fourth-order valence-corrected chi connectivity index (χ4v) is 3.35. The molecule has 0 aliphatic carbocycles. The average Bonchev–Trinajstić information content (AvgIpc) is 2.81. The molecule has 0 unspecified atom stereocenters. The Morgan fingerprint density at radius 2 is 1.66 bits per heavy atom. The second-order valence-corrected chi connectivity index (χ2v) is 7.53. The minimum absolute atomic E-state index is 0.118. The van der Waals surface area contributed by atoms with Crippen molar-refractivity contribution in [2.45, 2.75) is 0 Å². The maximum absolute atomic E-state index is 13.0. The maximum Gasteiger partial charge on any atom is 0.318 e. The number of carbonyl (C=O) groups excluding carboxylic acids is 1. The van der Waals surface area contributed by atoms with Gasteiger partial charge in [-0.2, -0.15) is 5.26 Å². The fourth-order valence-electron chi connectivity index (χ4n) is 2.77. The predicted molar refractivity (Wildman–Crippen MR) is 125 cm³/mol. The Bertz CT molecular complexity index is 1400. The molecule has 3 aromatic rings. The smallest absolute Gasteiger partial charge is 0.318 e. The molecule has 13 heteroatoms. The van der Waals surface area contributed by atoms with E-state index in [1.54, 1.807) is 6.07 Å². The number of hydrogen-bond donors (Lipinski definition) is 1. The van der Waals surface area contributed by atoms with E-state index in [0.29, 0.717) is 0 Å². The summed E-state index contributed by atoms with van der Waals surface area (Å²) in [5.74, 6) is -1.79. The number of nitro benzene ring substituents is 2. The van der Waals surface area contributed by atoms with Gasteiger partial charge in [-0.25, -0.2) is 4.39 Å². The summed E-state index contributed by atoms with van der Waals surface area (Å²) < 4.78 is 18.5. The van der Waals surface area contributed by atoms with E-state index in [1.807, 2.05) is 0 Å². The second-order valence-electron chi connectivity index (χ2n) is 6.71. The van der Waals surface area contributed by atoms with Crippen molar-refractivity contribution in [1.29, 1.82) is 5.26 Å². The number of nitrogens with zero attached hydrogens (tertiary/aromatic N) is 3. The quantitative estimate of drug-likeness (QED) is 0.168. The summed E-state index contributed by atoms with van der Waals surface area (Å²) >= 11 is 12.4. The van der Waals surface area contributed by atoms with E-state index in [-0.39, 0.29) is 38.4 Å². The number of ether oxygens (including phenoxy) is 1. The van der Waals surface area contributed by atoms with Crippen molar-refractivity contribution >= 4 is 52.2 Å². The number of halogens is 3. The molecule has 1 amide bonds. The summed E-state index contributed by atoms with van der Waals surface area (Å²) in [5, 5.41) is 33.8. The van der Waals surface area contributed by atoms with E-state index in [9.17, 15) is 34.7 Å². The molecule has 3 aromatic carbocycles. The Kier molecular flexibility index (Phi) is 7.60. The van der Waals surface area contributed by atoms with Gasteiger partial charge in [-0.05, 0) is 54.1 Å². The molecule has 176 valence electrons. The molecule has 0 spiro atoms. The van der Waals surface area contributed by atoms with Gasteiger partial charge in [-0.3, -0.25) is 25.0 Å². The first-order valence-electron chi connectivity index (χ1n) is 9.37. The Labute approximate surface area is 206 Å². The molecular weight excluding hydrogens is 506 g/mol. The molecule has 3 rings (SSSR count). The third kappa shape index (κ3) is 6.08. The topological polar surface area (TPSA) is 148 Å². The Balaban J connectivity index is 1.89. The molecule has 0 aliphatic heterocycles. The van der Waals surface area contributed by atoms with Crippen LogP contribution in [-0.2, 0) is 4.79 Å². The molecule has 1 N–H and O–H groups in total. The van der Waals surface area contributed by atoms with Gasteiger partial charge in [-0.15, -0.1) is 0 Å². The Morgan fingerprint density at radius 1 is 1.03 bits per heavy atom. The van der Waals surface area contributed by atoms with Crippen LogP contribution in [-0.4, -0.2) is 15.8 Å². The number of carbonyl (C=O) groups is 1. The number of nitriles is 1. The summed E-state index contributed by atoms with van der Waals surface area (Å²) in [6.07, 6.45) is 1.19. The van der Waals surface area contributed by atoms with E-state index >= 15 is 0 Å². The van der Waals surface area contributed by atoms with E-state index in [1.165, 1.54) is 30.3 Å². The highest BCUT2D eigenvalue weighted by molar-refractivity contribution is 6.37. The van der Waals surface area contributed by atoms with Crippen molar-refractivity contribution in [3.8, 4) is 17.6 Å². The van der Waals surface area contributed by atoms with Crippen LogP contribution in [0.15, 0.2) is 60.2 Å². The largest absolute Gasteiger partial charge is 0.447 e. The minimum atomic E-state index is -0.861. The molecule has 0 aromatic heterocycles. The lowest BCUT2D eigenvalue weighted by molar-refractivity contribution is -0.394. The number of rotatable bonds is 7. The first-order valence-corrected chi connectivity index (χ1v) is 10.1. The summed E-state index contributed by atoms with van der Waals surface area (Å²) in [4.78, 5) is 32.9. The summed E-state index contributed by atoms with van der Waals surface area (Å²) in [6, 6.07) is 12.0. The summed E-state index contributed by atoms with van der Waals surface area (Å²) in [6.45, 7) is 0. The zero-order valence-electron chi connectivity index (χ0n) is 17.2. The number of hydrogen-bond acceptors (Lipinski definition) is 7. The fraction of sp³-hybridized carbons (Fsp3) is 0. The highest BCUT2D eigenvalue weighted by atomic mass is 35.5. The van der Waals surface area contributed by atoms with Crippen molar-refractivity contribution < 1.29 is 23.8 Å². The van der Waals surface area contributed by atoms with Gasteiger partial charge < -0.3 is 10.1 Å². The molecule has 10 nitrogen and oxygen atoms in total. The van der Waals surface area contributed by atoms with Gasteiger partial charge in [0.1, 0.15) is 17.5 Å². The number of non-ortho nitro benzene ring substituents is 1. The van der Waals surface area contributed by atoms with E-state index in [4.69, 9.17) is 27.9 Å². The van der Waals surface area contributed by atoms with Gasteiger partial charge in [-0.1, -0.05) is 23.2 Å². The Morgan fingerprint density at radius 3 is 2.20 bits per heavy atom. The molecule has 0 heterocycles. The zero-order valence-corrected chi connectivity index (χ0v) is 18.7. The highest BCUT2D eigenvalue weighted by Crippen LogP contribution is 2.41. The van der Waals surface area contributed by atoms with Crippen molar-refractivity contribution in [2.24, 2.45) is 0 Å². The molecule has 0 saturated heterocycles. The molecule has 0 aliphatic rings. The number of amides is 1.